The molecule has 3 N–H and O–H groups in total. The first kappa shape index (κ1) is 16.5. The summed E-state index contributed by atoms with van der Waals surface area (Å²) in [5, 5.41) is 2.96. The number of carbonyl (C=O) groups is 2. The molecule has 0 aliphatic carbocycles. The largest absolute Gasteiger partial charge is 0.465 e. The highest BCUT2D eigenvalue weighted by molar-refractivity contribution is 6.33. The molecular formula is C14H19ClN2O3. The van der Waals surface area contributed by atoms with Gasteiger partial charge in [-0.15, -0.1) is 0 Å². The maximum atomic E-state index is 12.1. The number of esters is 1. The number of anilines is 1. The van der Waals surface area contributed by atoms with Crippen molar-refractivity contribution < 1.29 is 14.3 Å². The van der Waals surface area contributed by atoms with Gasteiger partial charge in [0.2, 0.25) is 5.91 Å². The quantitative estimate of drug-likeness (QED) is 0.819. The number of amides is 1. The second-order valence-electron chi connectivity index (χ2n) is 4.50. The first-order valence-corrected chi connectivity index (χ1v) is 6.74. The minimum Gasteiger partial charge on any atom is -0.465 e. The SMILES string of the molecule is CCC(N)(CC)C(=O)Nc1ccc(Cl)c(C(=O)OC)c1. The molecule has 5 nitrogen and oxygen atoms in total. The second-order valence-corrected chi connectivity index (χ2v) is 4.91. The normalized spacial score (nSPS) is 11.1. The molecule has 1 aromatic rings. The van der Waals surface area contributed by atoms with Gasteiger partial charge in [-0.25, -0.2) is 4.79 Å². The molecule has 20 heavy (non-hydrogen) atoms. The van der Waals surface area contributed by atoms with Crippen molar-refractivity contribution in [3.8, 4) is 0 Å². The highest BCUT2D eigenvalue weighted by atomic mass is 35.5. The molecule has 0 aliphatic rings. The van der Waals surface area contributed by atoms with E-state index in [9.17, 15) is 9.59 Å². The predicted octanol–water partition coefficient (Wildman–Crippen LogP) is 2.58. The van der Waals surface area contributed by atoms with Crippen molar-refractivity contribution in [1.29, 1.82) is 0 Å². The summed E-state index contributed by atoms with van der Waals surface area (Å²) in [5.74, 6) is -0.850. The lowest BCUT2D eigenvalue weighted by atomic mass is 9.93. The summed E-state index contributed by atoms with van der Waals surface area (Å²) in [6, 6.07) is 4.61. The zero-order chi connectivity index (χ0) is 15.3. The van der Waals surface area contributed by atoms with E-state index in [-0.39, 0.29) is 16.5 Å². The smallest absolute Gasteiger partial charge is 0.339 e. The number of rotatable bonds is 5. The average Bonchev–Trinajstić information content (AvgIpc) is 2.47. The third-order valence-corrected chi connectivity index (χ3v) is 3.67. The summed E-state index contributed by atoms with van der Waals surface area (Å²) in [5.41, 5.74) is 5.74. The lowest BCUT2D eigenvalue weighted by Crippen LogP contribution is -2.50. The van der Waals surface area contributed by atoms with Crippen LogP contribution in [0.2, 0.25) is 5.02 Å². The van der Waals surface area contributed by atoms with Crippen LogP contribution in [0.4, 0.5) is 5.69 Å². The van der Waals surface area contributed by atoms with Gasteiger partial charge in [0.25, 0.3) is 0 Å². The maximum Gasteiger partial charge on any atom is 0.339 e. The topological polar surface area (TPSA) is 81.4 Å². The molecule has 0 aromatic heterocycles. The summed E-state index contributed by atoms with van der Waals surface area (Å²) >= 11 is 5.91. The van der Waals surface area contributed by atoms with Gasteiger partial charge in [0.15, 0.2) is 0 Å². The Morgan fingerprint density at radius 2 is 1.95 bits per heavy atom. The van der Waals surface area contributed by atoms with Crippen LogP contribution in [-0.4, -0.2) is 24.5 Å². The first-order valence-electron chi connectivity index (χ1n) is 6.36. The molecule has 0 saturated carbocycles. The molecule has 0 aliphatic heterocycles. The van der Waals surface area contributed by atoms with Gasteiger partial charge in [0.05, 0.1) is 23.2 Å². The van der Waals surface area contributed by atoms with Gasteiger partial charge < -0.3 is 15.8 Å². The van der Waals surface area contributed by atoms with E-state index in [1.165, 1.54) is 19.2 Å². The van der Waals surface area contributed by atoms with Crippen LogP contribution in [0.15, 0.2) is 18.2 Å². The fourth-order valence-electron chi connectivity index (χ4n) is 1.70. The van der Waals surface area contributed by atoms with Crippen molar-refractivity contribution in [3.63, 3.8) is 0 Å². The van der Waals surface area contributed by atoms with E-state index in [4.69, 9.17) is 17.3 Å². The Morgan fingerprint density at radius 3 is 2.45 bits per heavy atom. The van der Waals surface area contributed by atoms with Crippen molar-refractivity contribution in [2.75, 3.05) is 12.4 Å². The molecule has 0 radical (unpaired) electrons. The predicted molar refractivity (Wildman–Crippen MR) is 78.9 cm³/mol. The zero-order valence-corrected chi connectivity index (χ0v) is 12.6. The number of nitrogens with two attached hydrogens (primary N) is 1. The molecule has 0 fully saturated rings. The van der Waals surface area contributed by atoms with Crippen LogP contribution in [0.3, 0.4) is 0 Å². The van der Waals surface area contributed by atoms with Gasteiger partial charge in [-0.3, -0.25) is 4.79 Å². The Hall–Kier alpha value is -1.59. The van der Waals surface area contributed by atoms with Crippen LogP contribution in [0.1, 0.15) is 37.0 Å². The van der Waals surface area contributed by atoms with Gasteiger partial charge in [0, 0.05) is 5.69 Å². The lowest BCUT2D eigenvalue weighted by molar-refractivity contribution is -0.121. The lowest BCUT2D eigenvalue weighted by Gasteiger charge is -2.25. The summed E-state index contributed by atoms with van der Waals surface area (Å²) < 4.78 is 4.63. The third kappa shape index (κ3) is 3.49. The van der Waals surface area contributed by atoms with Crippen LogP contribution in [0.5, 0.6) is 0 Å². The Balaban J connectivity index is 3.00. The number of carbonyl (C=O) groups excluding carboxylic acids is 2. The fourth-order valence-corrected chi connectivity index (χ4v) is 1.89. The molecule has 1 aromatic carbocycles. The number of nitrogens with one attached hydrogen (secondary N) is 1. The molecule has 0 atom stereocenters. The highest BCUT2D eigenvalue weighted by Gasteiger charge is 2.30. The molecular weight excluding hydrogens is 280 g/mol. The van der Waals surface area contributed by atoms with Crippen LogP contribution in [0, 0.1) is 0 Å². The molecule has 0 saturated heterocycles. The number of ether oxygens (including phenoxy) is 1. The van der Waals surface area contributed by atoms with Crippen molar-refractivity contribution in [2.45, 2.75) is 32.2 Å². The zero-order valence-electron chi connectivity index (χ0n) is 11.8. The molecule has 0 bridgehead atoms. The van der Waals surface area contributed by atoms with E-state index in [0.29, 0.717) is 18.5 Å². The monoisotopic (exact) mass is 298 g/mol. The van der Waals surface area contributed by atoms with Crippen LogP contribution in [-0.2, 0) is 9.53 Å². The molecule has 1 amide bonds. The summed E-state index contributed by atoms with van der Waals surface area (Å²) in [6.07, 6.45) is 1.04. The number of halogens is 1. The van der Waals surface area contributed by atoms with Gasteiger partial charge in [-0.1, -0.05) is 25.4 Å². The minimum absolute atomic E-state index is 0.197. The molecule has 0 unspecified atom stereocenters. The Bertz CT molecular complexity index is 513. The summed E-state index contributed by atoms with van der Waals surface area (Å²) in [4.78, 5) is 23.7. The van der Waals surface area contributed by atoms with E-state index >= 15 is 0 Å². The first-order chi connectivity index (χ1) is 9.37. The third-order valence-electron chi connectivity index (χ3n) is 3.34. The van der Waals surface area contributed by atoms with Gasteiger partial charge in [-0.2, -0.15) is 0 Å². The van der Waals surface area contributed by atoms with Gasteiger partial charge in [-0.05, 0) is 31.0 Å². The van der Waals surface area contributed by atoms with E-state index < -0.39 is 11.5 Å². The average molecular weight is 299 g/mol. The van der Waals surface area contributed by atoms with Crippen LogP contribution < -0.4 is 11.1 Å². The van der Waals surface area contributed by atoms with Crippen LogP contribution in [0.25, 0.3) is 0 Å². The molecule has 0 spiro atoms. The van der Waals surface area contributed by atoms with Gasteiger partial charge in [0.1, 0.15) is 0 Å². The minimum atomic E-state index is -0.926. The maximum absolute atomic E-state index is 12.1. The van der Waals surface area contributed by atoms with Crippen molar-refractivity contribution in [2.24, 2.45) is 5.73 Å². The van der Waals surface area contributed by atoms with Crippen molar-refractivity contribution in [3.05, 3.63) is 28.8 Å². The Morgan fingerprint density at radius 1 is 1.35 bits per heavy atom. The second kappa shape index (κ2) is 6.72. The number of benzene rings is 1. The number of hydrogen-bond donors (Lipinski definition) is 2. The molecule has 6 heteroatoms. The van der Waals surface area contributed by atoms with Crippen LogP contribution >= 0.6 is 11.6 Å². The van der Waals surface area contributed by atoms with E-state index in [1.807, 2.05) is 13.8 Å². The van der Waals surface area contributed by atoms with Crippen molar-refractivity contribution >= 4 is 29.2 Å². The van der Waals surface area contributed by atoms with Crippen molar-refractivity contribution in [1.82, 2.24) is 0 Å². The number of hydrogen-bond acceptors (Lipinski definition) is 4. The Kier molecular flexibility index (Phi) is 5.53. The fraction of sp³-hybridized carbons (Fsp3) is 0.429. The van der Waals surface area contributed by atoms with E-state index in [2.05, 4.69) is 10.1 Å². The van der Waals surface area contributed by atoms with E-state index in [1.54, 1.807) is 6.07 Å². The summed E-state index contributed by atoms with van der Waals surface area (Å²) in [6.45, 7) is 3.70. The summed E-state index contributed by atoms with van der Waals surface area (Å²) in [7, 11) is 1.27. The Labute approximate surface area is 123 Å². The van der Waals surface area contributed by atoms with Gasteiger partial charge >= 0.3 is 5.97 Å². The number of methoxy groups -OCH3 is 1. The molecule has 1 rings (SSSR count). The molecule has 0 heterocycles. The van der Waals surface area contributed by atoms with E-state index in [0.717, 1.165) is 0 Å². The molecule has 110 valence electrons. The standard InChI is InChI=1S/C14H19ClN2O3/c1-4-14(16,5-2)13(19)17-9-6-7-11(15)10(8-9)12(18)20-3/h6-8H,4-5,16H2,1-3H3,(H,17,19). The highest BCUT2D eigenvalue weighted by Crippen LogP contribution is 2.22.